The molecule has 0 bridgehead atoms. The Morgan fingerprint density at radius 1 is 1.50 bits per heavy atom. The number of rotatable bonds is 4. The summed E-state index contributed by atoms with van der Waals surface area (Å²) in [5, 5.41) is 0. The lowest BCUT2D eigenvalue weighted by Crippen LogP contribution is -2.44. The third-order valence-electron chi connectivity index (χ3n) is 4.92. The largest absolute Gasteiger partial charge is 0.379 e. The molecule has 22 heavy (non-hydrogen) atoms. The quantitative estimate of drug-likeness (QED) is 0.850. The van der Waals surface area contributed by atoms with Gasteiger partial charge in [-0.2, -0.15) is 0 Å². The molecule has 5 nitrogen and oxygen atoms in total. The summed E-state index contributed by atoms with van der Waals surface area (Å²) >= 11 is 1.61. The van der Waals surface area contributed by atoms with Crippen molar-refractivity contribution < 1.29 is 9.53 Å². The van der Waals surface area contributed by atoms with Crippen molar-refractivity contribution in [3.63, 3.8) is 0 Å². The highest BCUT2D eigenvalue weighted by atomic mass is 32.1. The Bertz CT molecular complexity index is 507. The van der Waals surface area contributed by atoms with Crippen molar-refractivity contribution in [2.75, 3.05) is 32.8 Å². The van der Waals surface area contributed by atoms with Crippen LogP contribution in [0.15, 0.2) is 11.7 Å². The number of hydrogen-bond donors (Lipinski definition) is 0. The standard InChI is InChI=1S/C16H25N3O2S/c1-3-13(2)18-4-5-21-11-16(9-18)6-15(20)19(10-16)8-14-7-17-12-22-14/h7,12-13H,3-6,8-11H2,1-2H3/t13-,16+/m0/s1. The normalized spacial score (nSPS) is 28.3. The van der Waals surface area contributed by atoms with E-state index in [1.807, 2.05) is 16.6 Å². The number of amides is 1. The topological polar surface area (TPSA) is 45.7 Å². The minimum absolute atomic E-state index is 0.0400. The fourth-order valence-corrected chi connectivity index (χ4v) is 4.11. The fourth-order valence-electron chi connectivity index (χ4n) is 3.50. The van der Waals surface area contributed by atoms with Gasteiger partial charge in [0.05, 0.1) is 25.3 Å². The summed E-state index contributed by atoms with van der Waals surface area (Å²) in [5.74, 6) is 0.253. The Balaban J connectivity index is 1.71. The van der Waals surface area contributed by atoms with E-state index in [0.717, 1.165) is 37.5 Å². The molecule has 2 fully saturated rings. The van der Waals surface area contributed by atoms with Crippen molar-refractivity contribution in [2.45, 2.75) is 39.3 Å². The summed E-state index contributed by atoms with van der Waals surface area (Å²) in [6.45, 7) is 9.39. The smallest absolute Gasteiger partial charge is 0.223 e. The molecule has 2 aliphatic rings. The molecule has 0 unspecified atom stereocenters. The number of ether oxygens (including phenoxy) is 1. The van der Waals surface area contributed by atoms with Crippen LogP contribution < -0.4 is 0 Å². The van der Waals surface area contributed by atoms with Crippen LogP contribution in [-0.2, 0) is 16.1 Å². The number of hydrogen-bond acceptors (Lipinski definition) is 5. The Kier molecular flexibility index (Phi) is 4.80. The van der Waals surface area contributed by atoms with Crippen LogP contribution in [0.2, 0.25) is 0 Å². The average Bonchev–Trinajstić information content (AvgIpc) is 3.05. The molecular weight excluding hydrogens is 298 g/mol. The molecule has 0 aliphatic carbocycles. The Labute approximate surface area is 136 Å². The molecular formula is C16H25N3O2S. The van der Waals surface area contributed by atoms with Gasteiger partial charge in [-0.05, 0) is 13.3 Å². The second-order valence-corrected chi connectivity index (χ2v) is 7.65. The van der Waals surface area contributed by atoms with Gasteiger partial charge < -0.3 is 9.64 Å². The van der Waals surface area contributed by atoms with Gasteiger partial charge in [0.15, 0.2) is 0 Å². The monoisotopic (exact) mass is 323 g/mol. The third kappa shape index (κ3) is 3.34. The van der Waals surface area contributed by atoms with Crippen molar-refractivity contribution in [3.8, 4) is 0 Å². The number of thiazole rings is 1. The summed E-state index contributed by atoms with van der Waals surface area (Å²) in [6.07, 6.45) is 3.60. The fraction of sp³-hybridized carbons (Fsp3) is 0.750. The van der Waals surface area contributed by atoms with Crippen LogP contribution in [0.4, 0.5) is 0 Å². The summed E-state index contributed by atoms with van der Waals surface area (Å²) in [5.41, 5.74) is 1.78. The van der Waals surface area contributed by atoms with Gasteiger partial charge in [-0.15, -0.1) is 11.3 Å². The molecule has 1 spiro atoms. The van der Waals surface area contributed by atoms with E-state index >= 15 is 0 Å². The van der Waals surface area contributed by atoms with Crippen molar-refractivity contribution in [1.82, 2.24) is 14.8 Å². The van der Waals surface area contributed by atoms with E-state index in [1.54, 1.807) is 11.3 Å². The van der Waals surface area contributed by atoms with Crippen molar-refractivity contribution in [1.29, 1.82) is 0 Å². The van der Waals surface area contributed by atoms with Gasteiger partial charge in [-0.25, -0.2) is 0 Å². The van der Waals surface area contributed by atoms with E-state index in [-0.39, 0.29) is 11.3 Å². The van der Waals surface area contributed by atoms with Crippen LogP contribution >= 0.6 is 11.3 Å². The molecule has 122 valence electrons. The zero-order valence-corrected chi connectivity index (χ0v) is 14.3. The molecule has 1 amide bonds. The molecule has 6 heteroatoms. The predicted molar refractivity (Wildman–Crippen MR) is 86.7 cm³/mol. The first-order chi connectivity index (χ1) is 10.6. The third-order valence-corrected chi connectivity index (χ3v) is 5.68. The van der Waals surface area contributed by atoms with E-state index in [9.17, 15) is 4.79 Å². The van der Waals surface area contributed by atoms with Gasteiger partial charge in [-0.1, -0.05) is 6.92 Å². The maximum atomic E-state index is 12.5. The second-order valence-electron chi connectivity index (χ2n) is 6.67. The van der Waals surface area contributed by atoms with Crippen molar-refractivity contribution >= 4 is 17.2 Å². The maximum Gasteiger partial charge on any atom is 0.223 e. The summed E-state index contributed by atoms with van der Waals surface area (Å²) < 4.78 is 5.86. The molecule has 3 rings (SSSR count). The Morgan fingerprint density at radius 2 is 2.36 bits per heavy atom. The highest BCUT2D eigenvalue weighted by Crippen LogP contribution is 2.36. The molecule has 1 aromatic rings. The molecule has 0 saturated carbocycles. The lowest BCUT2D eigenvalue weighted by molar-refractivity contribution is -0.128. The molecule has 2 atom stereocenters. The number of nitrogens with zero attached hydrogens (tertiary/aromatic N) is 3. The number of aromatic nitrogens is 1. The van der Waals surface area contributed by atoms with Crippen LogP contribution in [0.3, 0.4) is 0 Å². The van der Waals surface area contributed by atoms with Gasteiger partial charge in [0.25, 0.3) is 0 Å². The molecule has 2 saturated heterocycles. The molecule has 0 N–H and O–H groups in total. The van der Waals surface area contributed by atoms with Crippen molar-refractivity contribution in [2.24, 2.45) is 5.41 Å². The Morgan fingerprint density at radius 3 is 3.09 bits per heavy atom. The first-order valence-corrected chi connectivity index (χ1v) is 8.97. The van der Waals surface area contributed by atoms with Gasteiger partial charge in [0, 0.05) is 48.6 Å². The van der Waals surface area contributed by atoms with E-state index in [1.165, 1.54) is 0 Å². The van der Waals surface area contributed by atoms with Crippen LogP contribution in [0.25, 0.3) is 0 Å². The van der Waals surface area contributed by atoms with Crippen LogP contribution in [0.1, 0.15) is 31.6 Å². The highest BCUT2D eigenvalue weighted by molar-refractivity contribution is 7.09. The lowest BCUT2D eigenvalue weighted by atomic mass is 9.87. The van der Waals surface area contributed by atoms with Crippen LogP contribution in [-0.4, -0.2) is 59.6 Å². The molecule has 1 aromatic heterocycles. The highest BCUT2D eigenvalue weighted by Gasteiger charge is 2.45. The molecule has 3 heterocycles. The Hall–Kier alpha value is -0.980. The van der Waals surface area contributed by atoms with E-state index in [0.29, 0.717) is 25.6 Å². The lowest BCUT2D eigenvalue weighted by Gasteiger charge is -2.34. The summed E-state index contributed by atoms with van der Waals surface area (Å²) in [6, 6.07) is 0.546. The zero-order valence-electron chi connectivity index (χ0n) is 13.5. The summed E-state index contributed by atoms with van der Waals surface area (Å²) in [7, 11) is 0. The SMILES string of the molecule is CC[C@H](C)N1CCOC[C@]2(CC(=O)N(Cc3cncs3)C2)C1. The van der Waals surface area contributed by atoms with Crippen molar-refractivity contribution in [3.05, 3.63) is 16.6 Å². The van der Waals surface area contributed by atoms with E-state index in [4.69, 9.17) is 4.74 Å². The maximum absolute atomic E-state index is 12.5. The number of carbonyl (C=O) groups is 1. The average molecular weight is 323 g/mol. The molecule has 2 aliphatic heterocycles. The predicted octanol–water partition coefficient (Wildman–Crippen LogP) is 1.99. The molecule has 0 aromatic carbocycles. The van der Waals surface area contributed by atoms with Gasteiger partial charge >= 0.3 is 0 Å². The van der Waals surface area contributed by atoms with E-state index < -0.39 is 0 Å². The van der Waals surface area contributed by atoms with Crippen LogP contribution in [0.5, 0.6) is 0 Å². The minimum Gasteiger partial charge on any atom is -0.379 e. The second kappa shape index (κ2) is 6.64. The number of likely N-dealkylation sites (tertiary alicyclic amines) is 1. The van der Waals surface area contributed by atoms with Gasteiger partial charge in [0.2, 0.25) is 5.91 Å². The molecule has 0 radical (unpaired) electrons. The number of carbonyl (C=O) groups excluding carboxylic acids is 1. The first kappa shape index (κ1) is 15.9. The van der Waals surface area contributed by atoms with Gasteiger partial charge in [-0.3, -0.25) is 14.7 Å². The summed E-state index contributed by atoms with van der Waals surface area (Å²) in [4.78, 5) is 22.2. The minimum atomic E-state index is -0.0400. The van der Waals surface area contributed by atoms with E-state index in [2.05, 4.69) is 23.7 Å². The van der Waals surface area contributed by atoms with Gasteiger partial charge in [0.1, 0.15) is 0 Å². The zero-order chi connectivity index (χ0) is 15.6. The first-order valence-electron chi connectivity index (χ1n) is 8.09. The van der Waals surface area contributed by atoms with Crippen LogP contribution in [0, 0.1) is 5.41 Å².